The average Bonchev–Trinajstić information content (AvgIpc) is 1.99. The van der Waals surface area contributed by atoms with Crippen molar-refractivity contribution in [2.75, 3.05) is 6.54 Å². The molecule has 0 heterocycles. The van der Waals surface area contributed by atoms with Crippen LogP contribution in [0.15, 0.2) is 0 Å². The van der Waals surface area contributed by atoms with Gasteiger partial charge in [0.15, 0.2) is 0 Å². The van der Waals surface area contributed by atoms with Gasteiger partial charge < -0.3 is 10.4 Å². The van der Waals surface area contributed by atoms with E-state index in [1.54, 1.807) is 6.92 Å². The summed E-state index contributed by atoms with van der Waals surface area (Å²) in [4.78, 5) is 0. The van der Waals surface area contributed by atoms with Crippen LogP contribution in [-0.4, -0.2) is 30.2 Å². The molecule has 0 spiro atoms. The first kappa shape index (κ1) is 10.3. The van der Waals surface area contributed by atoms with Crippen molar-refractivity contribution in [3.8, 4) is 12.3 Å². The van der Waals surface area contributed by atoms with E-state index in [4.69, 9.17) is 11.5 Å². The molecule has 0 bridgehead atoms. The Balaban J connectivity index is 3.47. The standard InChI is InChI=1S/C7H11F2NO/c1-3-5(2)10-4-6(11)7(8)9/h1,5-7,10-11H,4H2,2H3. The topological polar surface area (TPSA) is 32.3 Å². The van der Waals surface area contributed by atoms with Gasteiger partial charge in [-0.1, -0.05) is 5.92 Å². The summed E-state index contributed by atoms with van der Waals surface area (Å²) >= 11 is 0. The maximum atomic E-state index is 11.6. The van der Waals surface area contributed by atoms with E-state index in [0.717, 1.165) is 0 Å². The van der Waals surface area contributed by atoms with Crippen LogP contribution in [0.1, 0.15) is 6.92 Å². The highest BCUT2D eigenvalue weighted by Gasteiger charge is 2.16. The van der Waals surface area contributed by atoms with E-state index in [-0.39, 0.29) is 12.6 Å². The highest BCUT2D eigenvalue weighted by molar-refractivity contribution is 4.95. The fraction of sp³-hybridized carbons (Fsp3) is 0.714. The molecule has 0 amide bonds. The van der Waals surface area contributed by atoms with E-state index in [0.29, 0.717) is 0 Å². The number of aliphatic hydroxyl groups excluding tert-OH is 1. The second kappa shape index (κ2) is 5.05. The third-order valence-electron chi connectivity index (χ3n) is 1.17. The molecule has 0 radical (unpaired) electrons. The molecule has 11 heavy (non-hydrogen) atoms. The van der Waals surface area contributed by atoms with Crippen LogP contribution in [0.2, 0.25) is 0 Å². The number of hydrogen-bond acceptors (Lipinski definition) is 2. The molecule has 2 atom stereocenters. The van der Waals surface area contributed by atoms with Gasteiger partial charge in [0.05, 0.1) is 6.04 Å². The summed E-state index contributed by atoms with van der Waals surface area (Å²) in [5.41, 5.74) is 0. The van der Waals surface area contributed by atoms with Crippen molar-refractivity contribution in [1.82, 2.24) is 5.32 Å². The SMILES string of the molecule is C#CC(C)NCC(O)C(F)F. The van der Waals surface area contributed by atoms with Crippen molar-refractivity contribution < 1.29 is 13.9 Å². The van der Waals surface area contributed by atoms with Crippen molar-refractivity contribution in [2.45, 2.75) is 25.5 Å². The molecule has 64 valence electrons. The van der Waals surface area contributed by atoms with Crippen LogP contribution in [0.5, 0.6) is 0 Å². The minimum atomic E-state index is -2.72. The second-order valence-electron chi connectivity index (χ2n) is 2.20. The molecular weight excluding hydrogens is 152 g/mol. The van der Waals surface area contributed by atoms with Crippen LogP contribution in [-0.2, 0) is 0 Å². The van der Waals surface area contributed by atoms with Crippen LogP contribution in [0.25, 0.3) is 0 Å². The Morgan fingerprint density at radius 1 is 1.64 bits per heavy atom. The van der Waals surface area contributed by atoms with Gasteiger partial charge in [-0.25, -0.2) is 8.78 Å². The molecule has 0 saturated heterocycles. The summed E-state index contributed by atoms with van der Waals surface area (Å²) in [5.74, 6) is 2.29. The van der Waals surface area contributed by atoms with Crippen molar-refractivity contribution in [1.29, 1.82) is 0 Å². The van der Waals surface area contributed by atoms with E-state index >= 15 is 0 Å². The molecule has 2 N–H and O–H groups in total. The van der Waals surface area contributed by atoms with Gasteiger partial charge in [0.2, 0.25) is 0 Å². The van der Waals surface area contributed by atoms with E-state index < -0.39 is 12.5 Å². The van der Waals surface area contributed by atoms with E-state index in [2.05, 4.69) is 11.2 Å². The first-order valence-corrected chi connectivity index (χ1v) is 3.23. The van der Waals surface area contributed by atoms with Gasteiger partial charge >= 0.3 is 0 Å². The fourth-order valence-electron chi connectivity index (χ4n) is 0.446. The third-order valence-corrected chi connectivity index (χ3v) is 1.17. The summed E-state index contributed by atoms with van der Waals surface area (Å²) in [5, 5.41) is 11.1. The maximum Gasteiger partial charge on any atom is 0.265 e. The van der Waals surface area contributed by atoms with Gasteiger partial charge in [-0.2, -0.15) is 0 Å². The quantitative estimate of drug-likeness (QED) is 0.581. The van der Waals surface area contributed by atoms with E-state index in [1.165, 1.54) is 0 Å². The Morgan fingerprint density at radius 2 is 2.18 bits per heavy atom. The molecule has 0 saturated carbocycles. The molecular formula is C7H11F2NO. The molecule has 0 aromatic rings. The number of rotatable bonds is 4. The lowest BCUT2D eigenvalue weighted by molar-refractivity contribution is -0.00366. The monoisotopic (exact) mass is 163 g/mol. The molecule has 0 aliphatic heterocycles. The van der Waals surface area contributed by atoms with Gasteiger partial charge in [-0.15, -0.1) is 6.42 Å². The molecule has 2 unspecified atom stereocenters. The largest absolute Gasteiger partial charge is 0.386 e. The molecule has 0 aliphatic rings. The summed E-state index contributed by atoms with van der Waals surface area (Å²) in [6, 6.07) is -0.289. The van der Waals surface area contributed by atoms with Gasteiger partial charge in [0, 0.05) is 6.54 Å². The predicted octanol–water partition coefficient (Wildman–Crippen LogP) is 0.224. The first-order valence-electron chi connectivity index (χ1n) is 3.23. The van der Waals surface area contributed by atoms with Gasteiger partial charge in [-0.05, 0) is 6.92 Å². The molecule has 0 fully saturated rings. The Hall–Kier alpha value is -0.660. The average molecular weight is 163 g/mol. The van der Waals surface area contributed by atoms with Crippen molar-refractivity contribution >= 4 is 0 Å². The number of alkyl halides is 2. The zero-order valence-corrected chi connectivity index (χ0v) is 6.22. The minimum absolute atomic E-state index is 0.178. The van der Waals surface area contributed by atoms with Crippen molar-refractivity contribution in [2.24, 2.45) is 0 Å². The number of nitrogens with one attached hydrogen (secondary N) is 1. The first-order chi connectivity index (χ1) is 5.07. The zero-order chi connectivity index (χ0) is 8.85. The second-order valence-corrected chi connectivity index (χ2v) is 2.20. The fourth-order valence-corrected chi connectivity index (χ4v) is 0.446. The maximum absolute atomic E-state index is 11.6. The molecule has 0 aromatic heterocycles. The Kier molecular flexibility index (Phi) is 4.75. The van der Waals surface area contributed by atoms with Gasteiger partial charge in [0.25, 0.3) is 6.43 Å². The summed E-state index contributed by atoms with van der Waals surface area (Å²) < 4.78 is 23.3. The Labute approximate surface area is 64.6 Å². The molecule has 0 aliphatic carbocycles. The Morgan fingerprint density at radius 3 is 2.55 bits per heavy atom. The minimum Gasteiger partial charge on any atom is -0.386 e. The smallest absolute Gasteiger partial charge is 0.265 e. The van der Waals surface area contributed by atoms with Crippen molar-refractivity contribution in [3.05, 3.63) is 0 Å². The number of aliphatic hydroxyl groups is 1. The molecule has 4 heteroatoms. The molecule has 0 rings (SSSR count). The van der Waals surface area contributed by atoms with Gasteiger partial charge in [0.1, 0.15) is 6.10 Å². The van der Waals surface area contributed by atoms with Crippen LogP contribution >= 0.6 is 0 Å². The van der Waals surface area contributed by atoms with Crippen LogP contribution in [0, 0.1) is 12.3 Å². The molecule has 0 aromatic carbocycles. The normalized spacial score (nSPS) is 16.0. The molecule has 2 nitrogen and oxygen atoms in total. The van der Waals surface area contributed by atoms with E-state index in [1.807, 2.05) is 0 Å². The summed E-state index contributed by atoms with van der Waals surface area (Å²) in [7, 11) is 0. The highest BCUT2D eigenvalue weighted by Crippen LogP contribution is 1.98. The van der Waals surface area contributed by atoms with Crippen LogP contribution < -0.4 is 5.32 Å². The highest BCUT2D eigenvalue weighted by atomic mass is 19.3. The zero-order valence-electron chi connectivity index (χ0n) is 6.22. The predicted molar refractivity (Wildman–Crippen MR) is 38.3 cm³/mol. The number of hydrogen-bond donors (Lipinski definition) is 2. The third kappa shape index (κ3) is 4.71. The van der Waals surface area contributed by atoms with Gasteiger partial charge in [-0.3, -0.25) is 0 Å². The lowest BCUT2D eigenvalue weighted by Gasteiger charge is -2.11. The van der Waals surface area contributed by atoms with Crippen LogP contribution in [0.4, 0.5) is 8.78 Å². The Bertz CT molecular complexity index is 144. The lowest BCUT2D eigenvalue weighted by atomic mass is 10.3. The number of halogens is 2. The summed E-state index contributed by atoms with van der Waals surface area (Å²) in [6.45, 7) is 1.47. The van der Waals surface area contributed by atoms with Crippen molar-refractivity contribution in [3.63, 3.8) is 0 Å². The van der Waals surface area contributed by atoms with E-state index in [9.17, 15) is 8.78 Å². The lowest BCUT2D eigenvalue weighted by Crippen LogP contribution is -2.36. The number of terminal acetylenes is 1. The summed E-state index contributed by atoms with van der Waals surface area (Å²) in [6.07, 6.45) is 0.604. The van der Waals surface area contributed by atoms with Crippen LogP contribution in [0.3, 0.4) is 0 Å².